The van der Waals surface area contributed by atoms with Gasteiger partial charge in [0.2, 0.25) is 11.8 Å². The van der Waals surface area contributed by atoms with Crippen molar-refractivity contribution in [3.63, 3.8) is 0 Å². The summed E-state index contributed by atoms with van der Waals surface area (Å²) in [6.07, 6.45) is 0.904. The van der Waals surface area contributed by atoms with Crippen LogP contribution >= 0.6 is 0 Å². The third-order valence-electron chi connectivity index (χ3n) is 8.13. The molecule has 0 radical (unpaired) electrons. The fourth-order valence-corrected chi connectivity index (χ4v) is 6.97. The van der Waals surface area contributed by atoms with Gasteiger partial charge in [0.05, 0.1) is 39.0 Å². The Morgan fingerprint density at radius 2 is 1.44 bits per heavy atom. The summed E-state index contributed by atoms with van der Waals surface area (Å²) in [6.45, 7) is 3.69. The molecule has 0 aromatic heterocycles. The van der Waals surface area contributed by atoms with Crippen molar-refractivity contribution in [1.29, 1.82) is 0 Å². The van der Waals surface area contributed by atoms with Gasteiger partial charge in [0.1, 0.15) is 24.1 Å². The lowest BCUT2D eigenvalue weighted by atomic mass is 10.0. The molecular formula is C38H45N3O8S. The number of nitrogens with zero attached hydrogens (tertiary/aromatic N) is 2. The maximum atomic E-state index is 14.8. The average molecular weight is 704 g/mol. The Morgan fingerprint density at radius 3 is 2.08 bits per heavy atom. The molecule has 0 fully saturated rings. The minimum atomic E-state index is -4.48. The molecule has 0 bridgehead atoms. The highest BCUT2D eigenvalue weighted by molar-refractivity contribution is 7.92. The van der Waals surface area contributed by atoms with Crippen LogP contribution in [-0.4, -0.2) is 72.7 Å². The van der Waals surface area contributed by atoms with Crippen molar-refractivity contribution < 1.29 is 37.0 Å². The Kier molecular flexibility index (Phi) is 13.1. The maximum Gasteiger partial charge on any atom is 0.265 e. The number of carbonyl (C=O) groups excluding carboxylic acids is 2. The highest BCUT2D eigenvalue weighted by Crippen LogP contribution is 2.38. The summed E-state index contributed by atoms with van der Waals surface area (Å²) < 4.78 is 52.1. The minimum Gasteiger partial charge on any atom is -0.497 e. The third-order valence-corrected chi connectivity index (χ3v) is 9.89. The molecule has 1 N–H and O–H groups in total. The molecule has 0 spiro atoms. The van der Waals surface area contributed by atoms with Crippen LogP contribution in [0.4, 0.5) is 5.69 Å². The van der Waals surface area contributed by atoms with Crippen LogP contribution < -0.4 is 28.6 Å². The van der Waals surface area contributed by atoms with Gasteiger partial charge in [-0.2, -0.15) is 0 Å². The Labute approximate surface area is 294 Å². The van der Waals surface area contributed by atoms with E-state index in [1.807, 2.05) is 68.4 Å². The highest BCUT2D eigenvalue weighted by atomic mass is 32.2. The topological polar surface area (TPSA) is 124 Å². The molecule has 4 rings (SSSR count). The number of aryl methyl sites for hydroxylation is 1. The van der Waals surface area contributed by atoms with Crippen molar-refractivity contribution in [1.82, 2.24) is 10.2 Å². The predicted octanol–water partition coefficient (Wildman–Crippen LogP) is 5.39. The number of methoxy groups -OCH3 is 4. The van der Waals surface area contributed by atoms with E-state index >= 15 is 0 Å². The minimum absolute atomic E-state index is 0.0526. The number of hydrogen-bond acceptors (Lipinski definition) is 8. The second kappa shape index (κ2) is 17.4. The summed E-state index contributed by atoms with van der Waals surface area (Å²) in [5, 5.41) is 2.96. The normalized spacial score (nSPS) is 11.6. The van der Waals surface area contributed by atoms with E-state index in [0.717, 1.165) is 21.0 Å². The summed E-state index contributed by atoms with van der Waals surface area (Å²) in [6, 6.07) is 25.0. The Balaban J connectivity index is 1.89. The monoisotopic (exact) mass is 703 g/mol. The lowest BCUT2D eigenvalue weighted by Crippen LogP contribution is -2.53. The molecule has 50 heavy (non-hydrogen) atoms. The van der Waals surface area contributed by atoms with Gasteiger partial charge in [-0.3, -0.25) is 13.9 Å². The summed E-state index contributed by atoms with van der Waals surface area (Å²) in [7, 11) is 1.23. The first-order valence-electron chi connectivity index (χ1n) is 16.2. The second-order valence-corrected chi connectivity index (χ2v) is 13.4. The van der Waals surface area contributed by atoms with Crippen LogP contribution in [0.1, 0.15) is 30.0 Å². The number of amides is 2. The first-order chi connectivity index (χ1) is 24.1. The van der Waals surface area contributed by atoms with Crippen molar-refractivity contribution >= 4 is 27.5 Å². The van der Waals surface area contributed by atoms with Gasteiger partial charge in [0.25, 0.3) is 10.0 Å². The highest BCUT2D eigenvalue weighted by Gasteiger charge is 2.36. The van der Waals surface area contributed by atoms with E-state index in [1.165, 1.54) is 57.6 Å². The van der Waals surface area contributed by atoms with Gasteiger partial charge in [-0.05, 0) is 48.7 Å². The first kappa shape index (κ1) is 37.6. The molecule has 4 aromatic rings. The van der Waals surface area contributed by atoms with Crippen LogP contribution in [0.5, 0.6) is 23.0 Å². The van der Waals surface area contributed by atoms with Gasteiger partial charge in [-0.15, -0.1) is 0 Å². The molecule has 0 unspecified atom stereocenters. The van der Waals surface area contributed by atoms with Gasteiger partial charge in [-0.1, -0.05) is 67.1 Å². The summed E-state index contributed by atoms with van der Waals surface area (Å²) in [4.78, 5) is 30.0. The van der Waals surface area contributed by atoms with Crippen LogP contribution in [0.25, 0.3) is 0 Å². The quantitative estimate of drug-likeness (QED) is 0.155. The van der Waals surface area contributed by atoms with Crippen molar-refractivity contribution in [2.24, 2.45) is 0 Å². The molecule has 2 amide bonds. The van der Waals surface area contributed by atoms with Crippen molar-refractivity contribution in [2.75, 3.05) is 45.8 Å². The summed E-state index contributed by atoms with van der Waals surface area (Å²) in [5.74, 6) is 0.110. The number of nitrogens with one attached hydrogen (secondary N) is 1. The number of hydrogen-bond donors (Lipinski definition) is 1. The Bertz CT molecular complexity index is 1870. The van der Waals surface area contributed by atoms with Crippen LogP contribution in [0.15, 0.2) is 95.9 Å². The lowest BCUT2D eigenvalue weighted by Gasteiger charge is -2.34. The summed E-state index contributed by atoms with van der Waals surface area (Å²) >= 11 is 0. The number of sulfonamides is 1. The largest absolute Gasteiger partial charge is 0.497 e. The molecule has 4 aromatic carbocycles. The number of benzene rings is 4. The molecule has 12 heteroatoms. The zero-order chi connectivity index (χ0) is 36.3. The number of ether oxygens (including phenoxy) is 4. The van der Waals surface area contributed by atoms with Crippen molar-refractivity contribution in [2.45, 2.75) is 44.2 Å². The molecule has 0 aliphatic rings. The molecule has 0 saturated carbocycles. The van der Waals surface area contributed by atoms with Gasteiger partial charge >= 0.3 is 0 Å². The molecule has 11 nitrogen and oxygen atoms in total. The van der Waals surface area contributed by atoms with Crippen molar-refractivity contribution in [3.8, 4) is 23.0 Å². The molecule has 0 aliphatic heterocycles. The van der Waals surface area contributed by atoms with E-state index in [0.29, 0.717) is 24.5 Å². The second-order valence-electron chi connectivity index (χ2n) is 11.6. The van der Waals surface area contributed by atoms with Crippen molar-refractivity contribution in [3.05, 3.63) is 108 Å². The predicted molar refractivity (Wildman–Crippen MR) is 193 cm³/mol. The van der Waals surface area contributed by atoms with Gasteiger partial charge < -0.3 is 29.2 Å². The van der Waals surface area contributed by atoms with E-state index < -0.39 is 28.5 Å². The Hall–Kier alpha value is -5.23. The number of anilines is 1. The fraction of sp³-hybridized carbons (Fsp3) is 0.316. The maximum absolute atomic E-state index is 14.8. The van der Waals surface area contributed by atoms with Crippen LogP contribution in [0.3, 0.4) is 0 Å². The van der Waals surface area contributed by atoms with E-state index in [4.69, 9.17) is 18.9 Å². The van der Waals surface area contributed by atoms with E-state index in [-0.39, 0.29) is 41.0 Å². The third kappa shape index (κ3) is 9.06. The molecule has 1 atom stereocenters. The Morgan fingerprint density at radius 1 is 0.760 bits per heavy atom. The molecular weight excluding hydrogens is 658 g/mol. The van der Waals surface area contributed by atoms with E-state index in [9.17, 15) is 18.0 Å². The summed E-state index contributed by atoms with van der Waals surface area (Å²) in [5.41, 5.74) is 2.67. The molecule has 0 saturated heterocycles. The SMILES string of the molecule is CCCNC(=O)[C@@H](Cc1ccccc1)N(Cc1cccc(C)c1)C(=O)CN(c1cc(OC)ccc1OC)S(=O)(=O)c1ccc(OC)c(OC)c1. The molecule has 0 aliphatic carbocycles. The van der Waals surface area contributed by atoms with Crippen LogP contribution in [-0.2, 0) is 32.6 Å². The standard InChI is InChI=1S/C38H45N3O8S/c1-7-20-39-38(43)33(22-28-13-9-8-10-14-28)40(25-29-15-11-12-27(2)21-29)37(42)26-41(32-23-30(46-3)16-18-34(32)47-4)50(44,45)31-17-19-35(48-5)36(24-31)49-6/h8-19,21,23-24,33H,7,20,22,25-26H2,1-6H3,(H,39,43)/t33-/m1/s1. The smallest absolute Gasteiger partial charge is 0.265 e. The zero-order valence-corrected chi connectivity index (χ0v) is 30.2. The molecule has 266 valence electrons. The van der Waals surface area contributed by atoms with Gasteiger partial charge in [0.15, 0.2) is 11.5 Å². The number of carbonyl (C=O) groups is 2. The zero-order valence-electron chi connectivity index (χ0n) is 29.3. The van der Waals surface area contributed by atoms with E-state index in [2.05, 4.69) is 5.32 Å². The van der Waals surface area contributed by atoms with Gasteiger partial charge in [-0.25, -0.2) is 8.42 Å². The van der Waals surface area contributed by atoms with E-state index in [1.54, 1.807) is 12.1 Å². The fourth-order valence-electron chi connectivity index (χ4n) is 5.54. The van der Waals surface area contributed by atoms with Crippen LogP contribution in [0, 0.1) is 6.92 Å². The van der Waals surface area contributed by atoms with Crippen LogP contribution in [0.2, 0.25) is 0 Å². The first-order valence-corrected chi connectivity index (χ1v) is 17.6. The number of rotatable bonds is 17. The van der Waals surface area contributed by atoms with Gasteiger partial charge in [0, 0.05) is 31.6 Å². The average Bonchev–Trinajstić information content (AvgIpc) is 3.13. The lowest BCUT2D eigenvalue weighted by molar-refractivity contribution is -0.140. The molecule has 0 heterocycles.